The minimum Gasteiger partial charge on any atom is -0.207 e. The summed E-state index contributed by atoms with van der Waals surface area (Å²) in [5.74, 6) is 0.430. The number of hydrogen-bond donors (Lipinski definition) is 0. The van der Waals surface area contributed by atoms with Crippen LogP contribution in [-0.4, -0.2) is 19.8 Å². The SMILES string of the molecule is Cc1ccc(S(=O)(=O)N(C)Cc2cccc(C(C)C)c2)cc1. The van der Waals surface area contributed by atoms with Gasteiger partial charge in [0.25, 0.3) is 0 Å². The van der Waals surface area contributed by atoms with Gasteiger partial charge in [0, 0.05) is 13.6 Å². The Kier molecular flexibility index (Phi) is 5.04. The second-order valence-corrected chi connectivity index (χ2v) is 8.02. The number of aryl methyl sites for hydroxylation is 1. The topological polar surface area (TPSA) is 37.4 Å². The van der Waals surface area contributed by atoms with E-state index in [9.17, 15) is 8.42 Å². The van der Waals surface area contributed by atoms with Gasteiger partial charge in [-0.3, -0.25) is 0 Å². The van der Waals surface area contributed by atoms with Gasteiger partial charge < -0.3 is 0 Å². The van der Waals surface area contributed by atoms with E-state index in [0.717, 1.165) is 11.1 Å². The van der Waals surface area contributed by atoms with E-state index in [-0.39, 0.29) is 0 Å². The Bertz CT molecular complexity index is 734. The summed E-state index contributed by atoms with van der Waals surface area (Å²) in [5, 5.41) is 0. The maximum atomic E-state index is 12.6. The van der Waals surface area contributed by atoms with Crippen LogP contribution in [-0.2, 0) is 16.6 Å². The molecule has 2 aromatic rings. The molecule has 0 bridgehead atoms. The summed E-state index contributed by atoms with van der Waals surface area (Å²) >= 11 is 0. The summed E-state index contributed by atoms with van der Waals surface area (Å²) < 4.78 is 26.6. The predicted octanol–water partition coefficient (Wildman–Crippen LogP) is 3.94. The van der Waals surface area contributed by atoms with Crippen molar-refractivity contribution in [2.75, 3.05) is 7.05 Å². The van der Waals surface area contributed by atoms with Gasteiger partial charge in [-0.25, -0.2) is 8.42 Å². The summed E-state index contributed by atoms with van der Waals surface area (Å²) in [7, 11) is -1.83. The van der Waals surface area contributed by atoms with E-state index in [1.807, 2.05) is 31.2 Å². The highest BCUT2D eigenvalue weighted by atomic mass is 32.2. The molecule has 118 valence electrons. The molecule has 0 aliphatic rings. The van der Waals surface area contributed by atoms with Crippen LogP contribution in [0.5, 0.6) is 0 Å². The lowest BCUT2D eigenvalue weighted by atomic mass is 10.0. The van der Waals surface area contributed by atoms with Gasteiger partial charge in [-0.1, -0.05) is 55.8 Å². The molecule has 2 aromatic carbocycles. The molecule has 22 heavy (non-hydrogen) atoms. The maximum Gasteiger partial charge on any atom is 0.243 e. The molecule has 0 unspecified atom stereocenters. The Morgan fingerprint density at radius 2 is 1.68 bits per heavy atom. The highest BCUT2D eigenvalue weighted by Gasteiger charge is 2.20. The molecule has 0 N–H and O–H groups in total. The highest BCUT2D eigenvalue weighted by Crippen LogP contribution is 2.20. The van der Waals surface area contributed by atoms with Crippen LogP contribution in [0.15, 0.2) is 53.4 Å². The fourth-order valence-electron chi connectivity index (χ4n) is 2.28. The van der Waals surface area contributed by atoms with E-state index in [1.54, 1.807) is 19.2 Å². The minimum absolute atomic E-state index is 0.334. The van der Waals surface area contributed by atoms with Crippen LogP contribution in [0, 0.1) is 6.92 Å². The molecule has 0 amide bonds. The number of nitrogens with zero attached hydrogens (tertiary/aromatic N) is 1. The van der Waals surface area contributed by atoms with Crippen LogP contribution in [0.4, 0.5) is 0 Å². The summed E-state index contributed by atoms with van der Waals surface area (Å²) in [6, 6.07) is 15.1. The number of rotatable bonds is 5. The van der Waals surface area contributed by atoms with Crippen molar-refractivity contribution in [3.05, 3.63) is 65.2 Å². The summed E-state index contributed by atoms with van der Waals surface area (Å²) in [6.45, 7) is 6.58. The fraction of sp³-hybridized carbons (Fsp3) is 0.333. The van der Waals surface area contributed by atoms with Crippen molar-refractivity contribution >= 4 is 10.0 Å². The van der Waals surface area contributed by atoms with Crippen LogP contribution in [0.25, 0.3) is 0 Å². The van der Waals surface area contributed by atoms with Gasteiger partial charge in [0.1, 0.15) is 0 Å². The smallest absolute Gasteiger partial charge is 0.207 e. The predicted molar refractivity (Wildman–Crippen MR) is 90.4 cm³/mol. The Morgan fingerprint density at radius 1 is 1.05 bits per heavy atom. The van der Waals surface area contributed by atoms with Gasteiger partial charge in [0.05, 0.1) is 4.90 Å². The zero-order valence-electron chi connectivity index (χ0n) is 13.6. The van der Waals surface area contributed by atoms with Crippen LogP contribution in [0.2, 0.25) is 0 Å². The molecular formula is C18H23NO2S. The van der Waals surface area contributed by atoms with Gasteiger partial charge in [-0.05, 0) is 36.1 Å². The van der Waals surface area contributed by atoms with Crippen molar-refractivity contribution in [1.82, 2.24) is 4.31 Å². The lowest BCUT2D eigenvalue weighted by Crippen LogP contribution is -2.26. The highest BCUT2D eigenvalue weighted by molar-refractivity contribution is 7.89. The number of sulfonamides is 1. The molecule has 3 nitrogen and oxygen atoms in total. The molecule has 0 aromatic heterocycles. The maximum absolute atomic E-state index is 12.6. The van der Waals surface area contributed by atoms with Crippen LogP contribution < -0.4 is 0 Å². The molecular weight excluding hydrogens is 294 g/mol. The van der Waals surface area contributed by atoms with Gasteiger partial charge in [-0.15, -0.1) is 0 Å². The monoisotopic (exact) mass is 317 g/mol. The first-order valence-electron chi connectivity index (χ1n) is 7.42. The van der Waals surface area contributed by atoms with E-state index in [2.05, 4.69) is 26.0 Å². The normalized spacial score (nSPS) is 12.1. The molecule has 0 heterocycles. The summed E-state index contributed by atoms with van der Waals surface area (Å²) in [5.41, 5.74) is 3.27. The van der Waals surface area contributed by atoms with Gasteiger partial charge in [-0.2, -0.15) is 4.31 Å². The standard InChI is InChI=1S/C18H23NO2S/c1-14(2)17-7-5-6-16(12-17)13-19(4)22(20,21)18-10-8-15(3)9-11-18/h5-12,14H,13H2,1-4H3. The Hall–Kier alpha value is -1.65. The molecule has 0 fully saturated rings. The van der Waals surface area contributed by atoms with Gasteiger partial charge in [0.15, 0.2) is 0 Å². The Labute approximate surface area is 133 Å². The first-order valence-corrected chi connectivity index (χ1v) is 8.86. The van der Waals surface area contributed by atoms with Crippen LogP contribution >= 0.6 is 0 Å². The van der Waals surface area contributed by atoms with E-state index in [1.165, 1.54) is 9.87 Å². The molecule has 0 radical (unpaired) electrons. The Balaban J connectivity index is 2.22. The molecule has 0 saturated heterocycles. The quantitative estimate of drug-likeness (QED) is 0.837. The van der Waals surface area contributed by atoms with Crippen LogP contribution in [0.3, 0.4) is 0 Å². The van der Waals surface area contributed by atoms with Gasteiger partial charge in [0.2, 0.25) is 10.0 Å². The summed E-state index contributed by atoms with van der Waals surface area (Å²) in [4.78, 5) is 0.334. The summed E-state index contributed by atoms with van der Waals surface area (Å²) in [6.07, 6.45) is 0. The lowest BCUT2D eigenvalue weighted by Gasteiger charge is -2.18. The second kappa shape index (κ2) is 6.63. The van der Waals surface area contributed by atoms with Crippen molar-refractivity contribution in [3.8, 4) is 0 Å². The van der Waals surface area contributed by atoms with Crippen molar-refractivity contribution in [1.29, 1.82) is 0 Å². The van der Waals surface area contributed by atoms with E-state index < -0.39 is 10.0 Å². The third kappa shape index (κ3) is 3.76. The second-order valence-electron chi connectivity index (χ2n) is 5.97. The molecule has 2 rings (SSSR count). The van der Waals surface area contributed by atoms with Crippen molar-refractivity contribution in [3.63, 3.8) is 0 Å². The third-order valence-corrected chi connectivity index (χ3v) is 5.57. The first-order chi connectivity index (χ1) is 10.3. The third-order valence-electron chi connectivity index (χ3n) is 3.75. The fourth-order valence-corrected chi connectivity index (χ4v) is 3.44. The minimum atomic E-state index is -3.45. The largest absolute Gasteiger partial charge is 0.243 e. The zero-order chi connectivity index (χ0) is 16.3. The number of hydrogen-bond acceptors (Lipinski definition) is 2. The molecule has 0 saturated carbocycles. The van der Waals surface area contributed by atoms with Crippen molar-refractivity contribution < 1.29 is 8.42 Å². The molecule has 4 heteroatoms. The number of benzene rings is 2. The van der Waals surface area contributed by atoms with Crippen LogP contribution in [0.1, 0.15) is 36.5 Å². The molecule has 0 spiro atoms. The molecule has 0 aliphatic carbocycles. The van der Waals surface area contributed by atoms with Crippen molar-refractivity contribution in [2.24, 2.45) is 0 Å². The average molecular weight is 317 g/mol. The molecule has 0 aliphatic heterocycles. The van der Waals surface area contributed by atoms with E-state index in [4.69, 9.17) is 0 Å². The molecule has 0 atom stereocenters. The van der Waals surface area contributed by atoms with E-state index >= 15 is 0 Å². The van der Waals surface area contributed by atoms with Crippen molar-refractivity contribution in [2.45, 2.75) is 38.1 Å². The van der Waals surface area contributed by atoms with E-state index in [0.29, 0.717) is 17.4 Å². The lowest BCUT2D eigenvalue weighted by molar-refractivity contribution is 0.466. The zero-order valence-corrected chi connectivity index (χ0v) is 14.4. The van der Waals surface area contributed by atoms with Gasteiger partial charge >= 0.3 is 0 Å². The Morgan fingerprint density at radius 3 is 2.27 bits per heavy atom. The average Bonchev–Trinajstić information content (AvgIpc) is 2.48. The first kappa shape index (κ1) is 16.7.